The number of imidazole rings is 1. The van der Waals surface area contributed by atoms with Crippen molar-refractivity contribution in [1.82, 2.24) is 20.2 Å². The van der Waals surface area contributed by atoms with E-state index in [0.717, 1.165) is 31.5 Å². The van der Waals surface area contributed by atoms with Gasteiger partial charge in [0.15, 0.2) is 5.96 Å². The Morgan fingerprint density at radius 1 is 1.15 bits per heavy atom. The van der Waals surface area contributed by atoms with Crippen molar-refractivity contribution in [2.45, 2.75) is 51.6 Å². The Morgan fingerprint density at radius 2 is 1.92 bits per heavy atom. The summed E-state index contributed by atoms with van der Waals surface area (Å²) in [5.74, 6) is 1.85. The van der Waals surface area contributed by atoms with Crippen molar-refractivity contribution in [3.63, 3.8) is 0 Å². The van der Waals surface area contributed by atoms with E-state index in [4.69, 9.17) is 0 Å². The van der Waals surface area contributed by atoms with Gasteiger partial charge in [-0.05, 0) is 29.9 Å². The highest BCUT2D eigenvalue weighted by Gasteiger charge is 2.13. The second kappa shape index (κ2) is 10.00. The summed E-state index contributed by atoms with van der Waals surface area (Å²) >= 11 is 0. The fraction of sp³-hybridized carbons (Fsp3) is 0.524. The molecule has 2 aromatic rings. The van der Waals surface area contributed by atoms with E-state index < -0.39 is 0 Å². The first-order chi connectivity index (χ1) is 12.8. The zero-order chi connectivity index (χ0) is 18.0. The van der Waals surface area contributed by atoms with E-state index in [1.54, 1.807) is 0 Å². The quantitative estimate of drug-likeness (QED) is 0.433. The zero-order valence-corrected chi connectivity index (χ0v) is 15.8. The molecule has 0 spiro atoms. The van der Waals surface area contributed by atoms with Gasteiger partial charge in [0.25, 0.3) is 0 Å². The molecule has 1 aliphatic carbocycles. The molecule has 1 aromatic carbocycles. The van der Waals surface area contributed by atoms with Gasteiger partial charge in [-0.2, -0.15) is 0 Å². The molecule has 0 unspecified atom stereocenters. The molecule has 26 heavy (non-hydrogen) atoms. The first-order valence-electron chi connectivity index (χ1n) is 9.81. The maximum atomic E-state index is 4.32. The van der Waals surface area contributed by atoms with Crippen LogP contribution in [0.15, 0.2) is 48.0 Å². The summed E-state index contributed by atoms with van der Waals surface area (Å²) in [6, 6.07) is 8.70. The van der Waals surface area contributed by atoms with Crippen molar-refractivity contribution in [3.8, 4) is 0 Å². The molecule has 0 bridgehead atoms. The highest BCUT2D eigenvalue weighted by Crippen LogP contribution is 2.28. The summed E-state index contributed by atoms with van der Waals surface area (Å²) in [5.41, 5.74) is 2.54. The van der Waals surface area contributed by atoms with Crippen LogP contribution >= 0.6 is 0 Å². The van der Waals surface area contributed by atoms with Crippen molar-refractivity contribution in [2.24, 2.45) is 10.9 Å². The zero-order valence-electron chi connectivity index (χ0n) is 15.8. The van der Waals surface area contributed by atoms with E-state index in [9.17, 15) is 0 Å². The molecule has 140 valence electrons. The van der Waals surface area contributed by atoms with Crippen LogP contribution in [-0.2, 0) is 13.1 Å². The fourth-order valence-corrected chi connectivity index (χ4v) is 3.66. The molecular weight excluding hydrogens is 322 g/mol. The van der Waals surface area contributed by atoms with Gasteiger partial charge >= 0.3 is 0 Å². The van der Waals surface area contributed by atoms with Crippen LogP contribution in [0, 0.1) is 5.92 Å². The molecule has 5 nitrogen and oxygen atoms in total. The summed E-state index contributed by atoms with van der Waals surface area (Å²) in [6.45, 7) is 2.64. The minimum atomic E-state index is 0.785. The molecule has 0 saturated heterocycles. The highest BCUT2D eigenvalue weighted by molar-refractivity contribution is 5.79. The maximum absolute atomic E-state index is 4.32. The molecular formula is C21H31N5. The van der Waals surface area contributed by atoms with E-state index >= 15 is 0 Å². The molecule has 3 rings (SSSR count). The second-order valence-corrected chi connectivity index (χ2v) is 7.20. The maximum Gasteiger partial charge on any atom is 0.191 e. The minimum Gasteiger partial charge on any atom is -0.356 e. The number of aliphatic imine (C=N–C) groups is 1. The third-order valence-corrected chi connectivity index (χ3v) is 5.19. The molecule has 1 aliphatic rings. The fourth-order valence-electron chi connectivity index (χ4n) is 3.66. The van der Waals surface area contributed by atoms with Crippen molar-refractivity contribution >= 4 is 5.96 Å². The first kappa shape index (κ1) is 18.5. The molecule has 0 radical (unpaired) electrons. The third-order valence-electron chi connectivity index (χ3n) is 5.19. The van der Waals surface area contributed by atoms with Crippen LogP contribution < -0.4 is 10.6 Å². The van der Waals surface area contributed by atoms with Crippen LogP contribution in [0.2, 0.25) is 0 Å². The minimum absolute atomic E-state index is 0.785. The Labute approximate surface area is 156 Å². The lowest BCUT2D eigenvalue weighted by Crippen LogP contribution is -2.37. The predicted molar refractivity (Wildman–Crippen MR) is 107 cm³/mol. The Hall–Kier alpha value is -2.30. The molecule has 1 fully saturated rings. The number of benzene rings is 1. The second-order valence-electron chi connectivity index (χ2n) is 7.20. The van der Waals surface area contributed by atoms with Gasteiger partial charge in [-0.1, -0.05) is 49.9 Å². The van der Waals surface area contributed by atoms with Gasteiger partial charge in [-0.15, -0.1) is 0 Å². The van der Waals surface area contributed by atoms with Gasteiger partial charge in [-0.3, -0.25) is 4.99 Å². The van der Waals surface area contributed by atoms with Gasteiger partial charge in [-0.25, -0.2) is 4.98 Å². The van der Waals surface area contributed by atoms with Crippen LogP contribution in [-0.4, -0.2) is 29.1 Å². The van der Waals surface area contributed by atoms with Crippen molar-refractivity contribution in [1.29, 1.82) is 0 Å². The summed E-state index contributed by atoms with van der Waals surface area (Å²) in [7, 11) is 1.83. The molecule has 1 saturated carbocycles. The average molecular weight is 354 g/mol. The first-order valence-corrected chi connectivity index (χ1v) is 9.81. The van der Waals surface area contributed by atoms with Crippen LogP contribution in [0.1, 0.15) is 49.7 Å². The third kappa shape index (κ3) is 5.90. The molecule has 1 heterocycles. The van der Waals surface area contributed by atoms with Gasteiger partial charge in [0, 0.05) is 39.1 Å². The van der Waals surface area contributed by atoms with Crippen molar-refractivity contribution in [2.75, 3.05) is 13.6 Å². The molecule has 0 atom stereocenters. The van der Waals surface area contributed by atoms with Gasteiger partial charge < -0.3 is 15.2 Å². The molecule has 1 aromatic heterocycles. The summed E-state index contributed by atoms with van der Waals surface area (Å²) in [6.07, 6.45) is 14.0. The van der Waals surface area contributed by atoms with Gasteiger partial charge in [0.05, 0.1) is 6.33 Å². The van der Waals surface area contributed by atoms with Crippen LogP contribution in [0.25, 0.3) is 0 Å². The number of aromatic nitrogens is 2. The van der Waals surface area contributed by atoms with Crippen LogP contribution in [0.3, 0.4) is 0 Å². The normalized spacial score (nSPS) is 15.3. The molecule has 5 heteroatoms. The summed E-state index contributed by atoms with van der Waals surface area (Å²) < 4.78 is 2.07. The SMILES string of the molecule is CN=C(NCCCC1CCCC1)NCc1ccc(Cn2ccnc2)cc1. The number of rotatable bonds is 8. The number of hydrogen-bond acceptors (Lipinski definition) is 2. The van der Waals surface area contributed by atoms with Gasteiger partial charge in [0.1, 0.15) is 0 Å². The molecule has 2 N–H and O–H groups in total. The largest absolute Gasteiger partial charge is 0.356 e. The van der Waals surface area contributed by atoms with Crippen LogP contribution in [0.4, 0.5) is 0 Å². The van der Waals surface area contributed by atoms with Crippen molar-refractivity contribution in [3.05, 3.63) is 54.1 Å². The Kier molecular flexibility index (Phi) is 7.11. The lowest BCUT2D eigenvalue weighted by molar-refractivity contribution is 0.481. The standard InChI is InChI=1S/C21H31N5/c1-22-21(24-12-4-7-18-5-2-3-6-18)25-15-19-8-10-20(11-9-19)16-26-14-13-23-17-26/h8-11,13-14,17-18H,2-7,12,15-16H2,1H3,(H2,22,24,25). The number of nitrogens with one attached hydrogen (secondary N) is 2. The van der Waals surface area contributed by atoms with E-state index in [-0.39, 0.29) is 0 Å². The topological polar surface area (TPSA) is 54.2 Å². The lowest BCUT2D eigenvalue weighted by Gasteiger charge is -2.13. The monoisotopic (exact) mass is 353 g/mol. The Morgan fingerprint density at radius 3 is 2.62 bits per heavy atom. The Balaban J connectivity index is 1.36. The van der Waals surface area contributed by atoms with Crippen LogP contribution in [0.5, 0.6) is 0 Å². The molecule has 0 aliphatic heterocycles. The number of hydrogen-bond donors (Lipinski definition) is 2. The van der Waals surface area contributed by atoms with E-state index in [1.165, 1.54) is 49.7 Å². The number of nitrogens with zero attached hydrogens (tertiary/aromatic N) is 3. The molecule has 0 amide bonds. The number of guanidine groups is 1. The summed E-state index contributed by atoms with van der Waals surface area (Å²) in [5, 5.41) is 6.84. The van der Waals surface area contributed by atoms with E-state index in [1.807, 2.05) is 25.8 Å². The highest BCUT2D eigenvalue weighted by atomic mass is 15.2. The summed E-state index contributed by atoms with van der Waals surface area (Å²) in [4.78, 5) is 8.40. The van der Waals surface area contributed by atoms with E-state index in [2.05, 4.69) is 49.4 Å². The predicted octanol–water partition coefficient (Wildman–Crippen LogP) is 3.57. The average Bonchev–Trinajstić information content (AvgIpc) is 3.36. The van der Waals surface area contributed by atoms with Crippen molar-refractivity contribution < 1.29 is 0 Å². The lowest BCUT2D eigenvalue weighted by atomic mass is 10.0. The van der Waals surface area contributed by atoms with Gasteiger partial charge in [0.2, 0.25) is 0 Å². The smallest absolute Gasteiger partial charge is 0.191 e. The van der Waals surface area contributed by atoms with E-state index in [0.29, 0.717) is 0 Å². The Bertz CT molecular complexity index is 654.